The van der Waals surface area contributed by atoms with E-state index in [0.717, 1.165) is 19.4 Å². The quantitative estimate of drug-likeness (QED) is 0.704. The Morgan fingerprint density at radius 2 is 1.83 bits per heavy atom. The van der Waals surface area contributed by atoms with E-state index in [1.165, 1.54) is 20.0 Å². The van der Waals surface area contributed by atoms with Crippen LogP contribution in [0.5, 0.6) is 0 Å². The van der Waals surface area contributed by atoms with Crippen LogP contribution in [0, 0.1) is 0 Å². The van der Waals surface area contributed by atoms with Crippen LogP contribution in [0.1, 0.15) is 25.7 Å². The fourth-order valence-corrected chi connectivity index (χ4v) is 1.37. The third-order valence-corrected chi connectivity index (χ3v) is 2.29. The number of rotatable bonds is 1. The van der Waals surface area contributed by atoms with Gasteiger partial charge in [0.1, 0.15) is 6.04 Å². The van der Waals surface area contributed by atoms with Crippen molar-refractivity contribution < 1.29 is 32.6 Å². The maximum Gasteiger partial charge on any atom is 0.490 e. The van der Waals surface area contributed by atoms with E-state index in [1.54, 1.807) is 0 Å². The average molecular weight is 271 g/mol. The number of ether oxygens (including phenoxy) is 1. The summed E-state index contributed by atoms with van der Waals surface area (Å²) in [4.78, 5) is 19.9. The molecule has 1 aliphatic rings. The van der Waals surface area contributed by atoms with Crippen molar-refractivity contribution in [2.75, 3.05) is 13.7 Å². The zero-order chi connectivity index (χ0) is 14.2. The molecule has 0 saturated carbocycles. The van der Waals surface area contributed by atoms with Crippen molar-refractivity contribution in [1.29, 1.82) is 0 Å². The highest BCUT2D eigenvalue weighted by molar-refractivity contribution is 5.75. The van der Waals surface area contributed by atoms with Gasteiger partial charge in [0, 0.05) is 0 Å². The number of nitrogens with one attached hydrogen (secondary N) is 1. The molecule has 0 aromatic rings. The monoisotopic (exact) mass is 271 g/mol. The smallest absolute Gasteiger partial charge is 0.475 e. The molecular formula is C10H16F3NO4. The molecule has 1 unspecified atom stereocenters. The number of carboxylic acids is 1. The van der Waals surface area contributed by atoms with Gasteiger partial charge in [0.2, 0.25) is 0 Å². The Hall–Kier alpha value is -1.31. The second-order valence-electron chi connectivity index (χ2n) is 3.68. The molecule has 0 aromatic carbocycles. The maximum atomic E-state index is 11.0. The molecule has 0 spiro atoms. The molecule has 106 valence electrons. The Labute approximate surface area is 102 Å². The normalized spacial score (nSPS) is 20.1. The van der Waals surface area contributed by atoms with Crippen LogP contribution in [0.25, 0.3) is 0 Å². The van der Waals surface area contributed by atoms with Gasteiger partial charge in [0.25, 0.3) is 0 Å². The number of aliphatic carboxylic acids is 1. The molecule has 0 aromatic heterocycles. The van der Waals surface area contributed by atoms with Crippen LogP contribution in [0.15, 0.2) is 0 Å². The zero-order valence-corrected chi connectivity index (χ0v) is 9.92. The standard InChI is InChI=1S/C8H15NO2.C2HF3O2/c1-11-8(10)7-5-3-2-4-6-9-7;3-2(4,5)1(6)7/h7,9H,2-6H2,1H3;(H,6,7). The first kappa shape index (κ1) is 16.7. The summed E-state index contributed by atoms with van der Waals surface area (Å²) >= 11 is 0. The second kappa shape index (κ2) is 7.91. The van der Waals surface area contributed by atoms with Crippen molar-refractivity contribution in [2.45, 2.75) is 37.9 Å². The van der Waals surface area contributed by atoms with Gasteiger partial charge in [-0.25, -0.2) is 4.79 Å². The van der Waals surface area contributed by atoms with Crippen LogP contribution < -0.4 is 5.32 Å². The second-order valence-corrected chi connectivity index (χ2v) is 3.68. The molecule has 1 rings (SSSR count). The lowest BCUT2D eigenvalue weighted by Crippen LogP contribution is -2.36. The van der Waals surface area contributed by atoms with Gasteiger partial charge in [-0.1, -0.05) is 12.8 Å². The average Bonchev–Trinajstić information content (AvgIpc) is 2.56. The molecule has 2 N–H and O–H groups in total. The molecule has 1 atom stereocenters. The number of esters is 1. The highest BCUT2D eigenvalue weighted by Gasteiger charge is 2.38. The molecular weight excluding hydrogens is 255 g/mol. The van der Waals surface area contributed by atoms with E-state index in [1.807, 2.05) is 0 Å². The van der Waals surface area contributed by atoms with E-state index in [-0.39, 0.29) is 12.0 Å². The summed E-state index contributed by atoms with van der Waals surface area (Å²) in [6.45, 7) is 0.944. The van der Waals surface area contributed by atoms with Crippen molar-refractivity contribution >= 4 is 11.9 Å². The molecule has 0 aliphatic carbocycles. The number of hydrogen-bond donors (Lipinski definition) is 2. The number of halogens is 3. The summed E-state index contributed by atoms with van der Waals surface area (Å²) in [7, 11) is 1.44. The Balaban J connectivity index is 0.000000360. The Kier molecular flexibility index (Phi) is 7.33. The van der Waals surface area contributed by atoms with E-state index in [9.17, 15) is 18.0 Å². The third kappa shape index (κ3) is 7.10. The first-order chi connectivity index (χ1) is 8.29. The van der Waals surface area contributed by atoms with Crippen LogP contribution in [-0.2, 0) is 14.3 Å². The van der Waals surface area contributed by atoms with Gasteiger partial charge < -0.3 is 15.2 Å². The van der Waals surface area contributed by atoms with Gasteiger partial charge in [-0.15, -0.1) is 0 Å². The fraction of sp³-hybridized carbons (Fsp3) is 0.800. The van der Waals surface area contributed by atoms with E-state index < -0.39 is 12.1 Å². The molecule has 1 fully saturated rings. The largest absolute Gasteiger partial charge is 0.490 e. The summed E-state index contributed by atoms with van der Waals surface area (Å²) < 4.78 is 36.4. The molecule has 0 radical (unpaired) electrons. The highest BCUT2D eigenvalue weighted by Crippen LogP contribution is 2.13. The molecule has 0 bridgehead atoms. The number of carbonyl (C=O) groups is 2. The Morgan fingerprint density at radius 1 is 1.28 bits per heavy atom. The maximum absolute atomic E-state index is 11.0. The number of carbonyl (C=O) groups excluding carboxylic acids is 1. The number of carboxylic acid groups (broad SMARTS) is 1. The van der Waals surface area contributed by atoms with Gasteiger partial charge >= 0.3 is 18.1 Å². The number of hydrogen-bond acceptors (Lipinski definition) is 4. The lowest BCUT2D eigenvalue weighted by atomic mass is 10.1. The lowest BCUT2D eigenvalue weighted by molar-refractivity contribution is -0.192. The molecule has 1 heterocycles. The van der Waals surface area contributed by atoms with Crippen LogP contribution in [0.4, 0.5) is 13.2 Å². The van der Waals surface area contributed by atoms with Crippen molar-refractivity contribution in [3.8, 4) is 0 Å². The summed E-state index contributed by atoms with van der Waals surface area (Å²) in [6, 6.07) is -0.0532. The lowest BCUT2D eigenvalue weighted by Gasteiger charge is -2.11. The van der Waals surface area contributed by atoms with Gasteiger partial charge in [-0.05, 0) is 19.4 Å². The topological polar surface area (TPSA) is 75.6 Å². The summed E-state index contributed by atoms with van der Waals surface area (Å²) in [5.74, 6) is -2.88. The van der Waals surface area contributed by atoms with Crippen LogP contribution in [0.2, 0.25) is 0 Å². The van der Waals surface area contributed by atoms with Crippen molar-refractivity contribution in [3.63, 3.8) is 0 Å². The van der Waals surface area contributed by atoms with Gasteiger partial charge in [0.05, 0.1) is 7.11 Å². The molecule has 5 nitrogen and oxygen atoms in total. The SMILES string of the molecule is COC(=O)C1CCCCCN1.O=C(O)C(F)(F)F. The van der Waals surface area contributed by atoms with E-state index in [2.05, 4.69) is 10.1 Å². The van der Waals surface area contributed by atoms with E-state index >= 15 is 0 Å². The van der Waals surface area contributed by atoms with E-state index in [0.29, 0.717) is 0 Å². The van der Waals surface area contributed by atoms with Crippen molar-refractivity contribution in [1.82, 2.24) is 5.32 Å². The van der Waals surface area contributed by atoms with Gasteiger partial charge in [0.15, 0.2) is 0 Å². The fourth-order valence-electron chi connectivity index (χ4n) is 1.37. The summed E-state index contributed by atoms with van der Waals surface area (Å²) in [6.07, 6.45) is -0.632. The minimum Gasteiger partial charge on any atom is -0.475 e. The third-order valence-electron chi connectivity index (χ3n) is 2.29. The Morgan fingerprint density at radius 3 is 2.28 bits per heavy atom. The Bertz CT molecular complexity index is 273. The van der Waals surface area contributed by atoms with Gasteiger partial charge in [-0.3, -0.25) is 4.79 Å². The predicted octanol–water partition coefficient (Wildman–Crippen LogP) is 1.32. The first-order valence-corrected chi connectivity index (χ1v) is 5.40. The molecule has 1 aliphatic heterocycles. The molecule has 1 saturated heterocycles. The van der Waals surface area contributed by atoms with Crippen LogP contribution in [0.3, 0.4) is 0 Å². The summed E-state index contributed by atoms with van der Waals surface area (Å²) in [5.41, 5.74) is 0. The number of alkyl halides is 3. The first-order valence-electron chi connectivity index (χ1n) is 5.40. The van der Waals surface area contributed by atoms with Crippen molar-refractivity contribution in [2.24, 2.45) is 0 Å². The zero-order valence-electron chi connectivity index (χ0n) is 9.92. The molecule has 0 amide bonds. The summed E-state index contributed by atoms with van der Waals surface area (Å²) in [5, 5.41) is 10.3. The minimum absolute atomic E-state index is 0.0532. The molecule has 8 heteroatoms. The van der Waals surface area contributed by atoms with E-state index in [4.69, 9.17) is 9.90 Å². The van der Waals surface area contributed by atoms with Crippen LogP contribution in [-0.4, -0.2) is 42.9 Å². The van der Waals surface area contributed by atoms with Gasteiger partial charge in [-0.2, -0.15) is 13.2 Å². The van der Waals surface area contributed by atoms with Crippen molar-refractivity contribution in [3.05, 3.63) is 0 Å². The predicted molar refractivity (Wildman–Crippen MR) is 56.0 cm³/mol. The minimum atomic E-state index is -5.08. The highest BCUT2D eigenvalue weighted by atomic mass is 19.4. The van der Waals surface area contributed by atoms with Crippen LogP contribution >= 0.6 is 0 Å². The number of methoxy groups -OCH3 is 1. The molecule has 18 heavy (non-hydrogen) atoms.